The summed E-state index contributed by atoms with van der Waals surface area (Å²) in [5.41, 5.74) is 0.654. The summed E-state index contributed by atoms with van der Waals surface area (Å²) in [6.45, 7) is 3.19. The van der Waals surface area contributed by atoms with Crippen molar-refractivity contribution in [2.24, 2.45) is 0 Å². The Balaban J connectivity index is 1.95. The number of hydrogen-bond donors (Lipinski definition) is 2. The zero-order valence-corrected chi connectivity index (χ0v) is 9.77. The van der Waals surface area contributed by atoms with Crippen molar-refractivity contribution in [2.45, 2.75) is 25.8 Å². The summed E-state index contributed by atoms with van der Waals surface area (Å²) < 4.78 is 0. The molecule has 1 amide bonds. The number of carbonyl (C=O) groups excluding carboxylic acids is 1. The van der Waals surface area contributed by atoms with E-state index in [2.05, 4.69) is 20.4 Å². The molecule has 1 aliphatic rings. The smallest absolute Gasteiger partial charge is 0.266 e. The molecular formula is C11H16N4O2. The van der Waals surface area contributed by atoms with Gasteiger partial charge in [-0.25, -0.2) is 5.10 Å². The molecule has 17 heavy (non-hydrogen) atoms. The number of carbonyl (C=O) groups is 1. The number of hydrogen-bond acceptors (Lipinski definition) is 4. The largest absolute Gasteiger partial charge is 0.370 e. The van der Waals surface area contributed by atoms with Crippen LogP contribution >= 0.6 is 0 Å². The minimum Gasteiger partial charge on any atom is -0.370 e. The average Bonchev–Trinajstić information content (AvgIpc) is 2.29. The molecule has 1 aromatic rings. The lowest BCUT2D eigenvalue weighted by Crippen LogP contribution is -2.44. The molecule has 0 spiro atoms. The number of anilines is 1. The first-order valence-corrected chi connectivity index (χ1v) is 5.72. The van der Waals surface area contributed by atoms with Crippen LogP contribution in [0.1, 0.15) is 19.8 Å². The highest BCUT2D eigenvalue weighted by molar-refractivity contribution is 5.73. The van der Waals surface area contributed by atoms with Crippen molar-refractivity contribution in [2.75, 3.05) is 18.0 Å². The van der Waals surface area contributed by atoms with Gasteiger partial charge >= 0.3 is 0 Å². The van der Waals surface area contributed by atoms with Crippen LogP contribution in [0.15, 0.2) is 17.1 Å². The third-order valence-electron chi connectivity index (χ3n) is 2.92. The Bertz CT molecular complexity index is 449. The number of nitrogens with zero attached hydrogens (tertiary/aromatic N) is 2. The standard InChI is InChI=1S/C11H16N4O2/c1-8(16)13-9-2-4-15(5-3-9)10-6-11(17)14-12-7-10/h6-7,9H,2-5H2,1H3,(H,13,16)(H,14,17). The maximum atomic E-state index is 11.1. The van der Waals surface area contributed by atoms with Crippen molar-refractivity contribution in [3.63, 3.8) is 0 Å². The second-order valence-corrected chi connectivity index (χ2v) is 4.27. The van der Waals surface area contributed by atoms with E-state index in [0.29, 0.717) is 0 Å². The number of nitrogens with one attached hydrogen (secondary N) is 2. The van der Waals surface area contributed by atoms with E-state index >= 15 is 0 Å². The molecular weight excluding hydrogens is 220 g/mol. The topological polar surface area (TPSA) is 78.1 Å². The van der Waals surface area contributed by atoms with Crippen LogP contribution in [0.3, 0.4) is 0 Å². The SMILES string of the molecule is CC(=O)NC1CCN(c2cn[nH]c(=O)c2)CC1. The first-order chi connectivity index (χ1) is 8.15. The lowest BCUT2D eigenvalue weighted by Gasteiger charge is -2.33. The van der Waals surface area contributed by atoms with Gasteiger partial charge < -0.3 is 10.2 Å². The maximum absolute atomic E-state index is 11.1. The van der Waals surface area contributed by atoms with Gasteiger partial charge in [-0.3, -0.25) is 9.59 Å². The van der Waals surface area contributed by atoms with Gasteiger partial charge in [-0.05, 0) is 12.8 Å². The fourth-order valence-corrected chi connectivity index (χ4v) is 2.11. The Labute approximate surface area is 99.0 Å². The molecule has 1 aromatic heterocycles. The molecule has 2 heterocycles. The van der Waals surface area contributed by atoms with E-state index in [1.54, 1.807) is 12.3 Å². The molecule has 1 fully saturated rings. The van der Waals surface area contributed by atoms with Gasteiger partial charge in [0.2, 0.25) is 5.91 Å². The Morgan fingerprint density at radius 1 is 1.53 bits per heavy atom. The second-order valence-electron chi connectivity index (χ2n) is 4.27. The van der Waals surface area contributed by atoms with E-state index in [9.17, 15) is 9.59 Å². The van der Waals surface area contributed by atoms with Crippen LogP contribution in [0.2, 0.25) is 0 Å². The second kappa shape index (κ2) is 4.99. The van der Waals surface area contributed by atoms with Gasteiger partial charge in [0.25, 0.3) is 5.56 Å². The molecule has 2 rings (SSSR count). The highest BCUT2D eigenvalue weighted by atomic mass is 16.1. The molecule has 1 saturated heterocycles. The quantitative estimate of drug-likeness (QED) is 0.750. The molecule has 0 unspecified atom stereocenters. The highest BCUT2D eigenvalue weighted by Crippen LogP contribution is 2.17. The fraction of sp³-hybridized carbons (Fsp3) is 0.545. The Hall–Kier alpha value is -1.85. The van der Waals surface area contributed by atoms with E-state index in [4.69, 9.17) is 0 Å². The van der Waals surface area contributed by atoms with Crippen molar-refractivity contribution >= 4 is 11.6 Å². The van der Waals surface area contributed by atoms with Gasteiger partial charge in [-0.2, -0.15) is 5.10 Å². The van der Waals surface area contributed by atoms with E-state index < -0.39 is 0 Å². The van der Waals surface area contributed by atoms with E-state index in [1.807, 2.05) is 0 Å². The summed E-state index contributed by atoms with van der Waals surface area (Å²) >= 11 is 0. The molecule has 6 heteroatoms. The molecule has 0 radical (unpaired) electrons. The fourth-order valence-electron chi connectivity index (χ4n) is 2.11. The zero-order valence-electron chi connectivity index (χ0n) is 9.77. The molecule has 6 nitrogen and oxygen atoms in total. The molecule has 2 N–H and O–H groups in total. The monoisotopic (exact) mass is 236 g/mol. The number of aromatic amines is 1. The number of aromatic nitrogens is 2. The van der Waals surface area contributed by atoms with Gasteiger partial charge in [0.15, 0.2) is 0 Å². The number of H-pyrrole nitrogens is 1. The lowest BCUT2D eigenvalue weighted by atomic mass is 10.0. The van der Waals surface area contributed by atoms with Crippen molar-refractivity contribution in [1.29, 1.82) is 0 Å². The summed E-state index contributed by atoms with van der Waals surface area (Å²) in [4.78, 5) is 24.2. The Kier molecular flexibility index (Phi) is 3.41. The lowest BCUT2D eigenvalue weighted by molar-refractivity contribution is -0.119. The average molecular weight is 236 g/mol. The van der Waals surface area contributed by atoms with Crippen LogP contribution in [0.4, 0.5) is 5.69 Å². The number of piperidine rings is 1. The van der Waals surface area contributed by atoms with Crippen molar-refractivity contribution < 1.29 is 4.79 Å². The Morgan fingerprint density at radius 3 is 2.82 bits per heavy atom. The molecule has 0 saturated carbocycles. The van der Waals surface area contributed by atoms with Crippen LogP contribution in [0.5, 0.6) is 0 Å². The van der Waals surface area contributed by atoms with Crippen LogP contribution in [0, 0.1) is 0 Å². The summed E-state index contributed by atoms with van der Waals surface area (Å²) in [6.07, 6.45) is 3.44. The van der Waals surface area contributed by atoms with Gasteiger partial charge in [0.05, 0.1) is 11.9 Å². The molecule has 0 aliphatic carbocycles. The summed E-state index contributed by atoms with van der Waals surface area (Å²) in [5, 5.41) is 9.05. The van der Waals surface area contributed by atoms with Crippen molar-refractivity contribution in [3.8, 4) is 0 Å². The first kappa shape index (κ1) is 11.6. The third-order valence-corrected chi connectivity index (χ3v) is 2.92. The van der Waals surface area contributed by atoms with Crippen LogP contribution in [0.25, 0.3) is 0 Å². The maximum Gasteiger partial charge on any atom is 0.266 e. The van der Waals surface area contributed by atoms with Crippen molar-refractivity contribution in [1.82, 2.24) is 15.5 Å². The van der Waals surface area contributed by atoms with Crippen molar-refractivity contribution in [3.05, 3.63) is 22.6 Å². The van der Waals surface area contributed by atoms with Crippen LogP contribution in [-0.2, 0) is 4.79 Å². The van der Waals surface area contributed by atoms with Gasteiger partial charge in [-0.1, -0.05) is 0 Å². The minimum atomic E-state index is -0.188. The number of amides is 1. The first-order valence-electron chi connectivity index (χ1n) is 5.72. The highest BCUT2D eigenvalue weighted by Gasteiger charge is 2.20. The summed E-state index contributed by atoms with van der Waals surface area (Å²) in [5.74, 6) is 0.0151. The summed E-state index contributed by atoms with van der Waals surface area (Å²) in [7, 11) is 0. The van der Waals surface area contributed by atoms with E-state index in [-0.39, 0.29) is 17.5 Å². The van der Waals surface area contributed by atoms with Crippen LogP contribution in [-0.4, -0.2) is 35.2 Å². The molecule has 92 valence electrons. The van der Waals surface area contributed by atoms with Gasteiger partial charge in [0.1, 0.15) is 0 Å². The van der Waals surface area contributed by atoms with Crippen LogP contribution < -0.4 is 15.8 Å². The molecule has 0 bridgehead atoms. The normalized spacial score (nSPS) is 16.9. The molecule has 1 aliphatic heterocycles. The van der Waals surface area contributed by atoms with Gasteiger partial charge in [-0.15, -0.1) is 0 Å². The summed E-state index contributed by atoms with van der Waals surface area (Å²) in [6, 6.07) is 1.80. The zero-order chi connectivity index (χ0) is 12.3. The predicted molar refractivity (Wildman–Crippen MR) is 63.9 cm³/mol. The van der Waals surface area contributed by atoms with Gasteiger partial charge in [0, 0.05) is 32.1 Å². The van der Waals surface area contributed by atoms with E-state index in [0.717, 1.165) is 31.6 Å². The van der Waals surface area contributed by atoms with E-state index in [1.165, 1.54) is 6.92 Å². The number of rotatable bonds is 2. The molecule has 0 atom stereocenters. The molecule has 0 aromatic carbocycles. The minimum absolute atomic E-state index is 0.0151. The Morgan fingerprint density at radius 2 is 2.24 bits per heavy atom. The third kappa shape index (κ3) is 3.05. The predicted octanol–water partition coefficient (Wildman–Crippen LogP) is -0.125.